The summed E-state index contributed by atoms with van der Waals surface area (Å²) in [5.41, 5.74) is 2.03. The SMILES string of the molecule is C[C@H]1C[C@H](Cc2ncncc2C(=O)c2cc[nH]c2)C[C@@H]1CO. The fourth-order valence-corrected chi connectivity index (χ4v) is 3.50. The van der Waals surface area contributed by atoms with E-state index >= 15 is 0 Å². The van der Waals surface area contributed by atoms with Crippen LogP contribution in [0.25, 0.3) is 0 Å². The summed E-state index contributed by atoms with van der Waals surface area (Å²) in [5.74, 6) is 1.33. The Balaban J connectivity index is 1.79. The second-order valence-corrected chi connectivity index (χ2v) is 6.27. The summed E-state index contributed by atoms with van der Waals surface area (Å²) in [6, 6.07) is 1.76. The van der Waals surface area contributed by atoms with Crippen molar-refractivity contribution in [2.75, 3.05) is 6.61 Å². The van der Waals surface area contributed by atoms with Crippen LogP contribution in [0.4, 0.5) is 0 Å². The highest BCUT2D eigenvalue weighted by molar-refractivity contribution is 6.09. The highest BCUT2D eigenvalue weighted by atomic mass is 16.3. The maximum absolute atomic E-state index is 12.5. The molecule has 0 bridgehead atoms. The van der Waals surface area contributed by atoms with Gasteiger partial charge in [0.1, 0.15) is 6.33 Å². The number of aromatic nitrogens is 3. The Morgan fingerprint density at radius 3 is 3.00 bits per heavy atom. The normalized spacial score (nSPS) is 24.5. The first-order valence-electron chi connectivity index (χ1n) is 7.76. The summed E-state index contributed by atoms with van der Waals surface area (Å²) in [6.45, 7) is 2.43. The van der Waals surface area contributed by atoms with Gasteiger partial charge in [0.25, 0.3) is 0 Å². The van der Waals surface area contributed by atoms with Gasteiger partial charge in [0, 0.05) is 30.8 Å². The summed E-state index contributed by atoms with van der Waals surface area (Å²) >= 11 is 0. The average Bonchev–Trinajstić information content (AvgIpc) is 3.17. The number of nitrogens with zero attached hydrogens (tertiary/aromatic N) is 2. The fourth-order valence-electron chi connectivity index (χ4n) is 3.50. The molecule has 116 valence electrons. The molecule has 0 aliphatic heterocycles. The zero-order chi connectivity index (χ0) is 15.5. The van der Waals surface area contributed by atoms with Gasteiger partial charge in [-0.1, -0.05) is 6.92 Å². The average molecular weight is 299 g/mol. The van der Waals surface area contributed by atoms with E-state index in [1.807, 2.05) is 0 Å². The predicted octanol–water partition coefficient (Wildman–Crippen LogP) is 2.23. The maximum atomic E-state index is 12.5. The summed E-state index contributed by atoms with van der Waals surface area (Å²) in [4.78, 5) is 23.8. The van der Waals surface area contributed by atoms with Crippen LogP contribution >= 0.6 is 0 Å². The molecule has 0 aromatic carbocycles. The Bertz CT molecular complexity index is 639. The van der Waals surface area contributed by atoms with Crippen molar-refractivity contribution in [2.45, 2.75) is 26.2 Å². The van der Waals surface area contributed by atoms with Gasteiger partial charge in [-0.2, -0.15) is 0 Å². The second kappa shape index (κ2) is 6.40. The highest BCUT2D eigenvalue weighted by Crippen LogP contribution is 2.37. The number of aliphatic hydroxyl groups excluding tert-OH is 1. The quantitative estimate of drug-likeness (QED) is 0.830. The largest absolute Gasteiger partial charge is 0.396 e. The number of aliphatic hydroxyl groups is 1. The zero-order valence-corrected chi connectivity index (χ0v) is 12.7. The third kappa shape index (κ3) is 2.95. The Labute approximate surface area is 129 Å². The predicted molar refractivity (Wildman–Crippen MR) is 82.4 cm³/mol. The van der Waals surface area contributed by atoms with Crippen molar-refractivity contribution in [1.82, 2.24) is 15.0 Å². The lowest BCUT2D eigenvalue weighted by Gasteiger charge is -2.12. The molecule has 1 saturated carbocycles. The summed E-state index contributed by atoms with van der Waals surface area (Å²) < 4.78 is 0. The molecule has 1 aliphatic carbocycles. The van der Waals surface area contributed by atoms with E-state index in [9.17, 15) is 9.90 Å². The number of nitrogens with one attached hydrogen (secondary N) is 1. The fraction of sp³-hybridized carbons (Fsp3) is 0.471. The molecule has 2 aromatic heterocycles. The topological polar surface area (TPSA) is 78.9 Å². The van der Waals surface area contributed by atoms with E-state index in [1.165, 1.54) is 6.33 Å². The van der Waals surface area contributed by atoms with Gasteiger partial charge in [-0.05, 0) is 43.1 Å². The van der Waals surface area contributed by atoms with Crippen molar-refractivity contribution in [3.05, 3.63) is 47.8 Å². The lowest BCUT2D eigenvalue weighted by molar-refractivity contribution is 0.103. The molecule has 0 radical (unpaired) electrons. The van der Waals surface area contributed by atoms with E-state index < -0.39 is 0 Å². The Kier molecular flexibility index (Phi) is 4.34. The summed E-state index contributed by atoms with van der Waals surface area (Å²) in [5, 5.41) is 9.40. The van der Waals surface area contributed by atoms with E-state index in [4.69, 9.17) is 0 Å². The molecule has 2 heterocycles. The van der Waals surface area contributed by atoms with E-state index in [-0.39, 0.29) is 12.4 Å². The van der Waals surface area contributed by atoms with E-state index in [0.717, 1.165) is 25.0 Å². The maximum Gasteiger partial charge on any atom is 0.197 e. The van der Waals surface area contributed by atoms with E-state index in [2.05, 4.69) is 21.9 Å². The number of H-pyrrole nitrogens is 1. The van der Waals surface area contributed by atoms with Crippen LogP contribution in [0.3, 0.4) is 0 Å². The first-order chi connectivity index (χ1) is 10.7. The van der Waals surface area contributed by atoms with Crippen LogP contribution in [0, 0.1) is 17.8 Å². The van der Waals surface area contributed by atoms with Gasteiger partial charge in [0.15, 0.2) is 5.78 Å². The van der Waals surface area contributed by atoms with Crippen molar-refractivity contribution in [3.8, 4) is 0 Å². The Hall–Kier alpha value is -2.01. The molecular weight excluding hydrogens is 278 g/mol. The van der Waals surface area contributed by atoms with Gasteiger partial charge in [-0.15, -0.1) is 0 Å². The van der Waals surface area contributed by atoms with Crippen LogP contribution in [-0.4, -0.2) is 32.4 Å². The van der Waals surface area contributed by atoms with Gasteiger partial charge < -0.3 is 10.1 Å². The number of carbonyl (C=O) groups is 1. The monoisotopic (exact) mass is 299 g/mol. The second-order valence-electron chi connectivity index (χ2n) is 6.27. The van der Waals surface area contributed by atoms with Crippen LogP contribution in [0.15, 0.2) is 31.0 Å². The highest BCUT2D eigenvalue weighted by Gasteiger charge is 2.31. The van der Waals surface area contributed by atoms with Crippen LogP contribution in [0.1, 0.15) is 41.4 Å². The molecule has 3 rings (SSSR count). The Morgan fingerprint density at radius 2 is 2.32 bits per heavy atom. The first-order valence-corrected chi connectivity index (χ1v) is 7.76. The van der Waals surface area contributed by atoms with Gasteiger partial charge >= 0.3 is 0 Å². The minimum Gasteiger partial charge on any atom is -0.396 e. The number of carbonyl (C=O) groups excluding carboxylic acids is 1. The van der Waals surface area contributed by atoms with E-state index in [1.54, 1.807) is 24.7 Å². The molecule has 1 fully saturated rings. The minimum absolute atomic E-state index is 0.0402. The van der Waals surface area contributed by atoms with Crippen molar-refractivity contribution in [3.63, 3.8) is 0 Å². The number of aromatic amines is 1. The lowest BCUT2D eigenvalue weighted by atomic mass is 9.95. The minimum atomic E-state index is -0.0402. The third-order valence-corrected chi connectivity index (χ3v) is 4.76. The number of hydrogen-bond acceptors (Lipinski definition) is 4. The van der Waals surface area contributed by atoms with Gasteiger partial charge in [-0.25, -0.2) is 9.97 Å². The van der Waals surface area contributed by atoms with Crippen molar-refractivity contribution in [1.29, 1.82) is 0 Å². The molecule has 0 amide bonds. The van der Waals surface area contributed by atoms with Crippen LogP contribution in [0.2, 0.25) is 0 Å². The summed E-state index contributed by atoms with van der Waals surface area (Å²) in [6.07, 6.45) is 9.39. The van der Waals surface area contributed by atoms with Crippen LogP contribution in [0.5, 0.6) is 0 Å². The van der Waals surface area contributed by atoms with Crippen molar-refractivity contribution < 1.29 is 9.90 Å². The molecule has 2 N–H and O–H groups in total. The number of rotatable bonds is 5. The number of hydrogen-bond donors (Lipinski definition) is 2. The molecule has 5 heteroatoms. The molecule has 0 saturated heterocycles. The molecular formula is C17H21N3O2. The van der Waals surface area contributed by atoms with Gasteiger partial charge in [-0.3, -0.25) is 4.79 Å². The van der Waals surface area contributed by atoms with Crippen molar-refractivity contribution >= 4 is 5.78 Å². The molecule has 5 nitrogen and oxygen atoms in total. The molecule has 0 unspecified atom stereocenters. The Morgan fingerprint density at radius 1 is 1.45 bits per heavy atom. The van der Waals surface area contributed by atoms with E-state index in [0.29, 0.717) is 28.9 Å². The van der Waals surface area contributed by atoms with Crippen LogP contribution in [-0.2, 0) is 6.42 Å². The molecule has 1 aliphatic rings. The number of ketones is 1. The molecule has 22 heavy (non-hydrogen) atoms. The first kappa shape index (κ1) is 14.9. The van der Waals surface area contributed by atoms with Gasteiger partial charge in [0.05, 0.1) is 11.3 Å². The molecule has 0 spiro atoms. The molecule has 2 aromatic rings. The standard InChI is InChI=1S/C17H21N3O2/c1-11-4-12(5-14(11)9-21)6-16-15(8-19-10-20-16)17(22)13-2-3-18-7-13/h2-3,7-8,10-12,14,18,21H,4-6,9H2,1H3/t11-,12-,14+/m0/s1. The third-order valence-electron chi connectivity index (χ3n) is 4.76. The summed E-state index contributed by atoms with van der Waals surface area (Å²) in [7, 11) is 0. The lowest BCUT2D eigenvalue weighted by Crippen LogP contribution is -2.11. The zero-order valence-electron chi connectivity index (χ0n) is 12.7. The van der Waals surface area contributed by atoms with Crippen molar-refractivity contribution in [2.24, 2.45) is 17.8 Å². The smallest absolute Gasteiger partial charge is 0.197 e. The van der Waals surface area contributed by atoms with Gasteiger partial charge in [0.2, 0.25) is 0 Å². The van der Waals surface area contributed by atoms with Crippen LogP contribution < -0.4 is 0 Å². The molecule has 3 atom stereocenters.